The number of carbonyl (C=O) groups excluding carboxylic acids is 1. The molecule has 0 saturated heterocycles. The highest BCUT2D eigenvalue weighted by atomic mass is 79.9. The summed E-state index contributed by atoms with van der Waals surface area (Å²) in [6, 6.07) is 7.80. The van der Waals surface area contributed by atoms with Crippen molar-refractivity contribution in [1.29, 1.82) is 0 Å². The number of fused-ring (bicyclic) bond motifs is 1. The fourth-order valence-electron chi connectivity index (χ4n) is 2.12. The highest BCUT2D eigenvalue weighted by molar-refractivity contribution is 9.10. The maximum absolute atomic E-state index is 11.5. The summed E-state index contributed by atoms with van der Waals surface area (Å²) in [5.74, 6) is -0.584. The van der Waals surface area contributed by atoms with Crippen LogP contribution in [0.4, 0.5) is 5.69 Å². The molecular formula is C14H11BrN4O2S. The fraction of sp³-hybridized carbons (Fsp3) is 0.0714. The number of nitrogens with two attached hydrogens (primary N) is 2. The van der Waals surface area contributed by atoms with E-state index in [1.54, 1.807) is 0 Å². The monoisotopic (exact) mass is 378 g/mol. The van der Waals surface area contributed by atoms with Crippen molar-refractivity contribution in [2.45, 2.75) is 0 Å². The summed E-state index contributed by atoms with van der Waals surface area (Å²) >= 11 is 4.56. The molecule has 1 aromatic carbocycles. The highest BCUT2D eigenvalue weighted by Gasteiger charge is 2.21. The molecule has 1 amide bonds. The Kier molecular flexibility index (Phi) is 3.71. The zero-order valence-corrected chi connectivity index (χ0v) is 13.9. The Hall–Kier alpha value is -2.19. The standard InChI is InChI=1S/C14H11BrN4O2S/c1-21-14-18-10(6-3-2-4-7(15)5-6)8-9(16)11(12(17)20)22-13(8)19-14/h2-5H,16H2,1H3,(H2,17,20). The van der Waals surface area contributed by atoms with E-state index in [1.807, 2.05) is 24.3 Å². The summed E-state index contributed by atoms with van der Waals surface area (Å²) < 4.78 is 6.04. The molecule has 0 atom stereocenters. The van der Waals surface area contributed by atoms with Gasteiger partial charge in [0.2, 0.25) is 0 Å². The van der Waals surface area contributed by atoms with Crippen LogP contribution in [0.1, 0.15) is 9.67 Å². The number of nitrogens with zero attached hydrogens (tertiary/aromatic N) is 2. The van der Waals surface area contributed by atoms with Crippen molar-refractivity contribution in [3.8, 4) is 17.3 Å². The lowest BCUT2D eigenvalue weighted by Crippen LogP contribution is -2.10. The van der Waals surface area contributed by atoms with Gasteiger partial charge in [0.25, 0.3) is 5.91 Å². The second kappa shape index (κ2) is 5.54. The number of rotatable bonds is 3. The maximum Gasteiger partial charge on any atom is 0.318 e. The van der Waals surface area contributed by atoms with E-state index < -0.39 is 5.91 Å². The number of carbonyl (C=O) groups is 1. The normalized spacial score (nSPS) is 10.8. The topological polar surface area (TPSA) is 104 Å². The van der Waals surface area contributed by atoms with E-state index in [0.29, 0.717) is 21.6 Å². The van der Waals surface area contributed by atoms with Crippen LogP contribution < -0.4 is 16.2 Å². The molecule has 112 valence electrons. The van der Waals surface area contributed by atoms with Crippen LogP contribution in [-0.4, -0.2) is 23.0 Å². The second-order valence-electron chi connectivity index (χ2n) is 4.46. The van der Waals surface area contributed by atoms with Crippen molar-refractivity contribution < 1.29 is 9.53 Å². The Bertz CT molecular complexity index is 894. The Morgan fingerprint density at radius 2 is 2.14 bits per heavy atom. The zero-order valence-electron chi connectivity index (χ0n) is 11.5. The first-order chi connectivity index (χ1) is 10.5. The number of ether oxygens (including phenoxy) is 1. The van der Waals surface area contributed by atoms with Crippen LogP contribution >= 0.6 is 27.3 Å². The summed E-state index contributed by atoms with van der Waals surface area (Å²) in [7, 11) is 1.48. The smallest absolute Gasteiger partial charge is 0.318 e. The van der Waals surface area contributed by atoms with Gasteiger partial charge in [0.05, 0.1) is 23.9 Å². The third kappa shape index (κ3) is 2.40. The molecule has 2 heterocycles. The molecule has 0 aliphatic carbocycles. The van der Waals surface area contributed by atoms with Gasteiger partial charge < -0.3 is 16.2 Å². The average molecular weight is 379 g/mol. The predicted molar refractivity (Wildman–Crippen MR) is 90.0 cm³/mol. The number of aromatic nitrogens is 2. The Morgan fingerprint density at radius 1 is 1.36 bits per heavy atom. The van der Waals surface area contributed by atoms with Crippen LogP contribution in [0.2, 0.25) is 0 Å². The van der Waals surface area contributed by atoms with Crippen LogP contribution in [0, 0.1) is 0 Å². The minimum Gasteiger partial charge on any atom is -0.467 e. The first-order valence-electron chi connectivity index (χ1n) is 6.21. The minimum atomic E-state index is -0.584. The van der Waals surface area contributed by atoms with Crippen molar-refractivity contribution >= 4 is 49.1 Å². The van der Waals surface area contributed by atoms with Gasteiger partial charge in [0, 0.05) is 10.0 Å². The van der Waals surface area contributed by atoms with E-state index in [9.17, 15) is 4.79 Å². The van der Waals surface area contributed by atoms with Crippen LogP contribution in [0.5, 0.6) is 6.01 Å². The molecule has 22 heavy (non-hydrogen) atoms. The van der Waals surface area contributed by atoms with Crippen LogP contribution in [-0.2, 0) is 0 Å². The maximum atomic E-state index is 11.5. The van der Waals surface area contributed by atoms with E-state index in [2.05, 4.69) is 25.9 Å². The first-order valence-corrected chi connectivity index (χ1v) is 7.82. The SMILES string of the molecule is COc1nc(-c2cccc(Br)c2)c2c(N)c(C(N)=O)sc2n1. The number of primary amides is 1. The molecule has 0 aliphatic heterocycles. The van der Waals surface area contributed by atoms with Gasteiger partial charge in [-0.2, -0.15) is 9.97 Å². The molecule has 2 aromatic heterocycles. The van der Waals surface area contributed by atoms with Gasteiger partial charge in [0.15, 0.2) is 0 Å². The number of methoxy groups -OCH3 is 1. The zero-order chi connectivity index (χ0) is 15.9. The number of thiophene rings is 1. The molecule has 4 N–H and O–H groups in total. The number of benzene rings is 1. The molecule has 6 nitrogen and oxygen atoms in total. The molecule has 0 fully saturated rings. The van der Waals surface area contributed by atoms with Crippen molar-refractivity contribution in [1.82, 2.24) is 9.97 Å². The van der Waals surface area contributed by atoms with Crippen molar-refractivity contribution in [2.24, 2.45) is 5.73 Å². The third-order valence-corrected chi connectivity index (χ3v) is 4.68. The Morgan fingerprint density at radius 3 is 2.77 bits per heavy atom. The quantitative estimate of drug-likeness (QED) is 0.728. The van der Waals surface area contributed by atoms with Gasteiger partial charge in [-0.15, -0.1) is 11.3 Å². The summed E-state index contributed by atoms with van der Waals surface area (Å²) in [5, 5.41) is 0.609. The molecule has 0 aliphatic rings. The van der Waals surface area contributed by atoms with Gasteiger partial charge >= 0.3 is 6.01 Å². The van der Waals surface area contributed by atoms with E-state index in [0.717, 1.165) is 21.4 Å². The molecule has 0 bridgehead atoms. The first kappa shape index (κ1) is 14.7. The lowest BCUT2D eigenvalue weighted by molar-refractivity contribution is 0.100. The number of hydrogen-bond donors (Lipinski definition) is 2. The largest absolute Gasteiger partial charge is 0.467 e. The van der Waals surface area contributed by atoms with E-state index in [-0.39, 0.29) is 10.9 Å². The fourth-order valence-corrected chi connectivity index (χ4v) is 3.46. The van der Waals surface area contributed by atoms with Gasteiger partial charge in [-0.1, -0.05) is 28.1 Å². The summed E-state index contributed by atoms with van der Waals surface area (Å²) in [5.41, 5.74) is 13.2. The molecule has 0 radical (unpaired) electrons. The molecular weight excluding hydrogens is 368 g/mol. The number of anilines is 1. The lowest BCUT2D eigenvalue weighted by atomic mass is 10.1. The molecule has 0 spiro atoms. The van der Waals surface area contributed by atoms with Crippen LogP contribution in [0.25, 0.3) is 21.5 Å². The van der Waals surface area contributed by atoms with Gasteiger partial charge in [0.1, 0.15) is 9.71 Å². The van der Waals surface area contributed by atoms with Crippen molar-refractivity contribution in [2.75, 3.05) is 12.8 Å². The highest BCUT2D eigenvalue weighted by Crippen LogP contribution is 2.39. The number of halogens is 1. The van der Waals surface area contributed by atoms with Gasteiger partial charge in [-0.25, -0.2) is 0 Å². The number of hydrogen-bond acceptors (Lipinski definition) is 6. The van der Waals surface area contributed by atoms with E-state index in [1.165, 1.54) is 7.11 Å². The van der Waals surface area contributed by atoms with Crippen LogP contribution in [0.3, 0.4) is 0 Å². The number of nitrogen functional groups attached to an aromatic ring is 1. The van der Waals surface area contributed by atoms with Gasteiger partial charge in [-0.3, -0.25) is 4.79 Å². The van der Waals surface area contributed by atoms with Gasteiger partial charge in [-0.05, 0) is 12.1 Å². The predicted octanol–water partition coefficient (Wildman–Crippen LogP) is 2.81. The Balaban J connectivity index is 2.39. The summed E-state index contributed by atoms with van der Waals surface area (Å²) in [6.45, 7) is 0. The Labute approximate surface area is 138 Å². The average Bonchev–Trinajstić information content (AvgIpc) is 2.83. The van der Waals surface area contributed by atoms with E-state index >= 15 is 0 Å². The van der Waals surface area contributed by atoms with Crippen LogP contribution in [0.15, 0.2) is 28.7 Å². The molecule has 0 unspecified atom stereocenters. The molecule has 3 aromatic rings. The molecule has 0 saturated carbocycles. The summed E-state index contributed by atoms with van der Waals surface area (Å²) in [6.07, 6.45) is 0. The number of amides is 1. The van der Waals surface area contributed by atoms with Crippen molar-refractivity contribution in [3.63, 3.8) is 0 Å². The molecule has 8 heteroatoms. The van der Waals surface area contributed by atoms with Crippen molar-refractivity contribution in [3.05, 3.63) is 33.6 Å². The lowest BCUT2D eigenvalue weighted by Gasteiger charge is -2.06. The second-order valence-corrected chi connectivity index (χ2v) is 6.37. The third-order valence-electron chi connectivity index (χ3n) is 3.07. The summed E-state index contributed by atoms with van der Waals surface area (Å²) in [4.78, 5) is 21.0. The van der Waals surface area contributed by atoms with E-state index in [4.69, 9.17) is 16.2 Å². The minimum absolute atomic E-state index is 0.208. The molecule has 3 rings (SSSR count).